The predicted molar refractivity (Wildman–Crippen MR) is 121 cm³/mol. The highest BCUT2D eigenvalue weighted by atomic mass is 32.2. The van der Waals surface area contributed by atoms with Gasteiger partial charge in [-0.3, -0.25) is 9.11 Å². The van der Waals surface area contributed by atoms with Crippen molar-refractivity contribution in [2.45, 2.75) is 25.3 Å². The average molecular weight is 511 g/mol. The first-order chi connectivity index (χ1) is 14.0. The molecule has 0 saturated heterocycles. The molecule has 0 aliphatic carbocycles. The fraction of sp³-hybridized carbons (Fsp3) is 1.00. The first-order valence-corrected chi connectivity index (χ1v) is 15.4. The number of hydrogen-bond acceptors (Lipinski definition) is 7. The lowest BCUT2D eigenvalue weighted by atomic mass is 10.2. The molecule has 0 aromatic heterocycles. The van der Waals surface area contributed by atoms with Gasteiger partial charge in [-0.25, -0.2) is 0 Å². The van der Waals surface area contributed by atoms with Crippen LogP contribution >= 0.6 is 0 Å². The van der Waals surface area contributed by atoms with Crippen molar-refractivity contribution < 1.29 is 48.2 Å². The number of hydrogen-bond donors (Lipinski definition) is 2. The number of nitrogens with zero attached hydrogens (tertiary/aromatic N) is 2. The minimum absolute atomic E-state index is 0.271. The van der Waals surface area contributed by atoms with Gasteiger partial charge >= 0.3 is 8.80 Å². The molecule has 11 nitrogen and oxygen atoms in total. The van der Waals surface area contributed by atoms with E-state index in [1.807, 2.05) is 21.1 Å². The summed E-state index contributed by atoms with van der Waals surface area (Å²) in [5.41, 5.74) is 0. The lowest BCUT2D eigenvalue weighted by Crippen LogP contribution is -2.54. The topological polar surface area (TPSA) is 136 Å². The Morgan fingerprint density at radius 1 is 0.677 bits per heavy atom. The first kappa shape index (κ1) is 30.8. The van der Waals surface area contributed by atoms with Crippen molar-refractivity contribution in [3.63, 3.8) is 0 Å². The van der Waals surface area contributed by atoms with Crippen LogP contribution in [-0.4, -0.2) is 130 Å². The van der Waals surface area contributed by atoms with E-state index in [1.54, 1.807) is 21.3 Å². The zero-order valence-corrected chi connectivity index (χ0v) is 22.4. The van der Waals surface area contributed by atoms with Gasteiger partial charge in [-0.2, -0.15) is 16.8 Å². The molecule has 0 aromatic carbocycles. The zero-order valence-electron chi connectivity index (χ0n) is 19.7. The molecule has 0 amide bonds. The highest BCUT2D eigenvalue weighted by Crippen LogP contribution is 2.18. The van der Waals surface area contributed by atoms with E-state index in [1.165, 1.54) is 0 Å². The third-order valence-corrected chi connectivity index (χ3v) is 10.1. The van der Waals surface area contributed by atoms with Gasteiger partial charge < -0.3 is 22.2 Å². The summed E-state index contributed by atoms with van der Waals surface area (Å²) in [5, 5.41) is 0. The maximum absolute atomic E-state index is 11.1. The summed E-state index contributed by atoms with van der Waals surface area (Å²) in [6, 6.07) is 0.620. The van der Waals surface area contributed by atoms with Gasteiger partial charge in [0.25, 0.3) is 20.2 Å². The molecule has 0 aliphatic rings. The second-order valence-electron chi connectivity index (χ2n) is 8.85. The Bertz CT molecular complexity index is 720. The summed E-state index contributed by atoms with van der Waals surface area (Å²) >= 11 is 0. The van der Waals surface area contributed by atoms with Crippen LogP contribution in [0.5, 0.6) is 0 Å². The molecule has 0 radical (unpaired) electrons. The molecule has 1 unspecified atom stereocenters. The van der Waals surface area contributed by atoms with Crippen LogP contribution in [0.1, 0.15) is 19.3 Å². The van der Waals surface area contributed by atoms with Gasteiger partial charge in [0, 0.05) is 46.6 Å². The minimum atomic E-state index is -4.02. The average Bonchev–Trinajstić information content (AvgIpc) is 2.62. The van der Waals surface area contributed by atoms with Crippen LogP contribution in [0.2, 0.25) is 6.04 Å². The molecule has 0 saturated carbocycles. The molecule has 31 heavy (non-hydrogen) atoms. The van der Waals surface area contributed by atoms with E-state index in [-0.39, 0.29) is 11.5 Å². The number of rotatable bonds is 18. The van der Waals surface area contributed by atoms with E-state index >= 15 is 0 Å². The van der Waals surface area contributed by atoms with Crippen molar-refractivity contribution in [2.24, 2.45) is 0 Å². The van der Waals surface area contributed by atoms with Crippen molar-refractivity contribution in [3.8, 4) is 0 Å². The largest absolute Gasteiger partial charge is 0.500 e. The highest BCUT2D eigenvalue weighted by Gasteiger charge is 2.38. The van der Waals surface area contributed by atoms with Gasteiger partial charge in [0.15, 0.2) is 0 Å². The maximum Gasteiger partial charge on any atom is 0.500 e. The summed E-state index contributed by atoms with van der Waals surface area (Å²) < 4.78 is 79.7. The van der Waals surface area contributed by atoms with Crippen molar-refractivity contribution in [2.75, 3.05) is 86.7 Å². The van der Waals surface area contributed by atoms with E-state index in [9.17, 15) is 16.8 Å². The fourth-order valence-corrected chi connectivity index (χ4v) is 6.19. The molecule has 0 aliphatic heterocycles. The standard InChI is InChI=1S/C17H40N2O9S2Si/c1-18(2,10-7-15-29(20,21)22)13-14-19(3,11-8-16-30(23,24)25)12-9-17-31(26-4,27-5)28-6/h7-17H2,1-6H3/p+2. The molecule has 0 fully saturated rings. The Morgan fingerprint density at radius 3 is 1.52 bits per heavy atom. The van der Waals surface area contributed by atoms with Gasteiger partial charge in [-0.15, -0.1) is 0 Å². The molecule has 0 aromatic rings. The van der Waals surface area contributed by atoms with E-state index in [4.69, 9.17) is 22.4 Å². The van der Waals surface area contributed by atoms with E-state index in [0.717, 1.165) is 26.1 Å². The Morgan fingerprint density at radius 2 is 1.10 bits per heavy atom. The van der Waals surface area contributed by atoms with Crippen molar-refractivity contribution in [3.05, 3.63) is 0 Å². The fourth-order valence-electron chi connectivity index (χ4n) is 3.50. The molecule has 188 valence electrons. The van der Waals surface area contributed by atoms with E-state index < -0.39 is 29.0 Å². The minimum Gasteiger partial charge on any atom is -0.377 e. The van der Waals surface area contributed by atoms with Gasteiger partial charge in [-0.05, 0) is 0 Å². The normalized spacial score (nSPS) is 15.7. The van der Waals surface area contributed by atoms with Gasteiger partial charge in [0.05, 0.1) is 52.3 Å². The van der Waals surface area contributed by atoms with Gasteiger partial charge in [-0.1, -0.05) is 0 Å². The number of quaternary nitrogens is 2. The third-order valence-electron chi connectivity index (χ3n) is 5.63. The molecule has 0 spiro atoms. The van der Waals surface area contributed by atoms with Gasteiger partial charge in [0.1, 0.15) is 13.1 Å². The van der Waals surface area contributed by atoms with Gasteiger partial charge in [0.2, 0.25) is 0 Å². The molecule has 0 heterocycles. The lowest BCUT2D eigenvalue weighted by molar-refractivity contribution is -0.955. The molecule has 0 rings (SSSR count). The van der Waals surface area contributed by atoms with Crippen molar-refractivity contribution in [1.29, 1.82) is 0 Å². The second-order valence-corrected chi connectivity index (χ2v) is 15.1. The van der Waals surface area contributed by atoms with Crippen molar-refractivity contribution >= 4 is 29.0 Å². The predicted octanol–water partition coefficient (Wildman–Crippen LogP) is 0.333. The third kappa shape index (κ3) is 14.6. The molecular weight excluding hydrogens is 468 g/mol. The quantitative estimate of drug-likeness (QED) is 0.152. The molecule has 2 N–H and O–H groups in total. The molecule has 0 bridgehead atoms. The summed E-state index contributed by atoms with van der Waals surface area (Å²) in [6.07, 6.45) is 1.43. The number of likely N-dealkylation sites (N-methyl/N-ethyl adjacent to an activating group) is 2. The van der Waals surface area contributed by atoms with Crippen LogP contribution in [0.25, 0.3) is 0 Å². The van der Waals surface area contributed by atoms with Crippen LogP contribution in [-0.2, 0) is 33.5 Å². The van der Waals surface area contributed by atoms with Crippen LogP contribution in [0.3, 0.4) is 0 Å². The monoisotopic (exact) mass is 510 g/mol. The summed E-state index contributed by atoms with van der Waals surface area (Å²) in [4.78, 5) is 0. The molecular formula is C17H42N2O9S2Si+2. The van der Waals surface area contributed by atoms with E-state index in [2.05, 4.69) is 0 Å². The SMILES string of the molecule is CO[Si](CCC[N+](C)(CCCS(=O)(=O)O)CC[N+](C)(C)CCCS(=O)(=O)O)(OC)OC. The van der Waals surface area contributed by atoms with Crippen LogP contribution in [0.15, 0.2) is 0 Å². The molecule has 14 heteroatoms. The first-order valence-electron chi connectivity index (χ1n) is 10.2. The maximum atomic E-state index is 11.1. The molecule has 1 atom stereocenters. The van der Waals surface area contributed by atoms with Crippen LogP contribution in [0, 0.1) is 0 Å². The Kier molecular flexibility index (Phi) is 12.8. The lowest BCUT2D eigenvalue weighted by Gasteiger charge is -2.39. The highest BCUT2D eigenvalue weighted by molar-refractivity contribution is 7.86. The smallest absolute Gasteiger partial charge is 0.377 e. The zero-order chi connectivity index (χ0) is 24.4. The Hall–Kier alpha value is -0.163. The van der Waals surface area contributed by atoms with Crippen LogP contribution in [0.4, 0.5) is 0 Å². The van der Waals surface area contributed by atoms with Crippen molar-refractivity contribution in [1.82, 2.24) is 0 Å². The summed E-state index contributed by atoms with van der Waals surface area (Å²) in [6.45, 7) is 3.34. The Labute approximate surface area is 189 Å². The summed E-state index contributed by atoms with van der Waals surface area (Å²) in [7, 11) is 0.00787. The van der Waals surface area contributed by atoms with Crippen LogP contribution < -0.4 is 0 Å². The summed E-state index contributed by atoms with van der Waals surface area (Å²) in [5.74, 6) is -0.562. The second kappa shape index (κ2) is 12.9. The van der Waals surface area contributed by atoms with E-state index in [0.29, 0.717) is 40.9 Å². The Balaban J connectivity index is 5.04.